The highest BCUT2D eigenvalue weighted by atomic mass is 16.5. The number of carbonyl (C=O) groups is 3. The molecule has 0 aromatic heterocycles. The molecule has 0 unspecified atom stereocenters. The van der Waals surface area contributed by atoms with E-state index >= 15 is 0 Å². The van der Waals surface area contributed by atoms with E-state index in [4.69, 9.17) is 4.74 Å². The lowest BCUT2D eigenvalue weighted by Crippen LogP contribution is -2.54. The highest BCUT2D eigenvalue weighted by molar-refractivity contribution is 5.89. The molecule has 0 fully saturated rings. The van der Waals surface area contributed by atoms with Gasteiger partial charge in [-0.25, -0.2) is 9.59 Å². The number of carboxylic acids is 1. The van der Waals surface area contributed by atoms with Crippen LogP contribution in [0.1, 0.15) is 31.4 Å². The lowest BCUT2D eigenvalue weighted by molar-refractivity contribution is -0.142. The van der Waals surface area contributed by atoms with Gasteiger partial charge >= 0.3 is 12.1 Å². The molecule has 160 valence electrons. The van der Waals surface area contributed by atoms with Crippen molar-refractivity contribution in [3.8, 4) is 0 Å². The maximum atomic E-state index is 12.8. The summed E-state index contributed by atoms with van der Waals surface area (Å²) in [6.45, 7) is 3.78. The first-order valence-corrected chi connectivity index (χ1v) is 9.95. The van der Waals surface area contributed by atoms with Gasteiger partial charge < -0.3 is 20.5 Å². The molecule has 0 saturated heterocycles. The Bertz CT molecular complexity index is 826. The predicted molar refractivity (Wildman–Crippen MR) is 113 cm³/mol. The van der Waals surface area contributed by atoms with Crippen molar-refractivity contribution in [2.75, 3.05) is 0 Å². The van der Waals surface area contributed by atoms with E-state index in [2.05, 4.69) is 10.6 Å². The summed E-state index contributed by atoms with van der Waals surface area (Å²) in [7, 11) is 0. The number of benzene rings is 2. The van der Waals surface area contributed by atoms with E-state index < -0.39 is 30.1 Å². The summed E-state index contributed by atoms with van der Waals surface area (Å²) in [5.41, 5.74) is 1.62. The molecule has 0 bridgehead atoms. The van der Waals surface area contributed by atoms with E-state index in [-0.39, 0.29) is 18.9 Å². The minimum Gasteiger partial charge on any atom is -0.480 e. The summed E-state index contributed by atoms with van der Waals surface area (Å²) in [5.74, 6) is -1.90. The topological polar surface area (TPSA) is 105 Å². The molecule has 30 heavy (non-hydrogen) atoms. The minimum absolute atomic E-state index is 0.0767. The number of aliphatic carboxylic acids is 1. The first kappa shape index (κ1) is 22.9. The molecule has 0 saturated carbocycles. The van der Waals surface area contributed by atoms with Gasteiger partial charge in [0.05, 0.1) is 0 Å². The SMILES string of the molecule is CC[C@@H](C)[C@@H](NC(=O)OCc1ccccc1)C(=O)N[C@@H](Cc1ccccc1)C(=O)O. The van der Waals surface area contributed by atoms with Crippen molar-refractivity contribution in [3.63, 3.8) is 0 Å². The van der Waals surface area contributed by atoms with Crippen LogP contribution in [0, 0.1) is 5.92 Å². The highest BCUT2D eigenvalue weighted by Gasteiger charge is 2.30. The van der Waals surface area contributed by atoms with Gasteiger partial charge in [-0.2, -0.15) is 0 Å². The normalized spacial score (nSPS) is 13.5. The number of carbonyl (C=O) groups excluding carboxylic acids is 2. The third-order valence-electron chi connectivity index (χ3n) is 4.88. The molecule has 0 spiro atoms. The second-order valence-electron chi connectivity index (χ2n) is 7.16. The smallest absolute Gasteiger partial charge is 0.408 e. The molecule has 2 aromatic carbocycles. The minimum atomic E-state index is -1.14. The Kier molecular flexibility index (Phi) is 8.87. The van der Waals surface area contributed by atoms with Gasteiger partial charge in [0.15, 0.2) is 0 Å². The van der Waals surface area contributed by atoms with E-state index in [0.717, 1.165) is 11.1 Å². The summed E-state index contributed by atoms with van der Waals surface area (Å²) in [6.07, 6.45) is 0.0374. The van der Waals surface area contributed by atoms with Crippen LogP contribution >= 0.6 is 0 Å². The van der Waals surface area contributed by atoms with Crippen LogP contribution in [0.3, 0.4) is 0 Å². The Balaban J connectivity index is 2.00. The van der Waals surface area contributed by atoms with Crippen LogP contribution < -0.4 is 10.6 Å². The first-order chi connectivity index (χ1) is 14.4. The molecule has 0 aliphatic carbocycles. The van der Waals surface area contributed by atoms with Gasteiger partial charge in [-0.3, -0.25) is 4.79 Å². The molecule has 2 aromatic rings. The molecule has 0 aliphatic rings. The maximum absolute atomic E-state index is 12.8. The number of rotatable bonds is 10. The zero-order valence-electron chi connectivity index (χ0n) is 17.2. The molecule has 3 atom stereocenters. The van der Waals surface area contributed by atoms with E-state index in [0.29, 0.717) is 6.42 Å². The van der Waals surface area contributed by atoms with Crippen LogP contribution in [0.15, 0.2) is 60.7 Å². The van der Waals surface area contributed by atoms with Gasteiger partial charge in [-0.1, -0.05) is 80.9 Å². The fraction of sp³-hybridized carbons (Fsp3) is 0.348. The van der Waals surface area contributed by atoms with Crippen molar-refractivity contribution in [2.24, 2.45) is 5.92 Å². The molecule has 3 N–H and O–H groups in total. The fourth-order valence-corrected chi connectivity index (χ4v) is 2.91. The van der Waals surface area contributed by atoms with E-state index in [1.165, 1.54) is 0 Å². The van der Waals surface area contributed by atoms with Crippen LogP contribution in [0.4, 0.5) is 4.79 Å². The van der Waals surface area contributed by atoms with Crippen LogP contribution in [0.2, 0.25) is 0 Å². The van der Waals surface area contributed by atoms with E-state index in [1.807, 2.05) is 62.4 Å². The molecule has 2 amide bonds. The Morgan fingerprint density at radius 3 is 2.03 bits per heavy atom. The number of hydrogen-bond acceptors (Lipinski definition) is 4. The molecular weight excluding hydrogens is 384 g/mol. The van der Waals surface area contributed by atoms with Gasteiger partial charge in [0.2, 0.25) is 5.91 Å². The maximum Gasteiger partial charge on any atom is 0.408 e. The number of nitrogens with one attached hydrogen (secondary N) is 2. The monoisotopic (exact) mass is 412 g/mol. The van der Waals surface area contributed by atoms with E-state index in [1.54, 1.807) is 12.1 Å². The highest BCUT2D eigenvalue weighted by Crippen LogP contribution is 2.11. The number of amides is 2. The van der Waals surface area contributed by atoms with Gasteiger partial charge in [0, 0.05) is 6.42 Å². The fourth-order valence-electron chi connectivity index (χ4n) is 2.91. The summed E-state index contributed by atoms with van der Waals surface area (Å²) >= 11 is 0. The largest absolute Gasteiger partial charge is 0.480 e. The lowest BCUT2D eigenvalue weighted by Gasteiger charge is -2.25. The molecule has 7 nitrogen and oxygen atoms in total. The first-order valence-electron chi connectivity index (χ1n) is 9.95. The van der Waals surface area contributed by atoms with Crippen LogP contribution in [0.25, 0.3) is 0 Å². The van der Waals surface area contributed by atoms with Crippen LogP contribution in [0.5, 0.6) is 0 Å². The van der Waals surface area contributed by atoms with Crippen LogP contribution in [-0.4, -0.2) is 35.2 Å². The predicted octanol–water partition coefficient (Wildman–Crippen LogP) is 3.14. The van der Waals surface area contributed by atoms with Crippen molar-refractivity contribution in [3.05, 3.63) is 71.8 Å². The Morgan fingerprint density at radius 2 is 1.50 bits per heavy atom. The third-order valence-corrected chi connectivity index (χ3v) is 4.88. The second-order valence-corrected chi connectivity index (χ2v) is 7.16. The number of carboxylic acid groups (broad SMARTS) is 1. The van der Waals surface area contributed by atoms with Crippen LogP contribution in [-0.2, 0) is 27.4 Å². The Morgan fingerprint density at radius 1 is 0.933 bits per heavy atom. The van der Waals surface area contributed by atoms with Gasteiger partial charge in [0.1, 0.15) is 18.7 Å². The second kappa shape index (κ2) is 11.6. The molecular formula is C23H28N2O5. The molecule has 0 radical (unpaired) electrons. The number of hydrogen-bond donors (Lipinski definition) is 3. The van der Waals surface area contributed by atoms with Crippen molar-refractivity contribution in [1.82, 2.24) is 10.6 Å². The number of alkyl carbamates (subject to hydrolysis) is 1. The van der Waals surface area contributed by atoms with Gasteiger partial charge in [-0.15, -0.1) is 0 Å². The van der Waals surface area contributed by atoms with Gasteiger partial charge in [-0.05, 0) is 17.0 Å². The summed E-state index contributed by atoms with van der Waals surface area (Å²) < 4.78 is 5.21. The van der Waals surface area contributed by atoms with Crippen molar-refractivity contribution in [1.29, 1.82) is 0 Å². The zero-order chi connectivity index (χ0) is 21.9. The molecule has 0 heterocycles. The summed E-state index contributed by atoms with van der Waals surface area (Å²) in [4.78, 5) is 36.7. The summed E-state index contributed by atoms with van der Waals surface area (Å²) in [6, 6.07) is 16.2. The third kappa shape index (κ3) is 7.24. The van der Waals surface area contributed by atoms with Crippen molar-refractivity contribution < 1.29 is 24.2 Å². The average molecular weight is 412 g/mol. The standard InChI is InChI=1S/C23H28N2O5/c1-3-16(2)20(25-23(29)30-15-18-12-8-5-9-13-18)21(26)24-19(22(27)28)14-17-10-6-4-7-11-17/h4-13,16,19-20H,3,14-15H2,1-2H3,(H,24,26)(H,25,29)(H,27,28)/t16-,19+,20-/m1/s1. The quantitative estimate of drug-likeness (QED) is 0.556. The lowest BCUT2D eigenvalue weighted by atomic mass is 9.97. The van der Waals surface area contributed by atoms with E-state index in [9.17, 15) is 19.5 Å². The molecule has 0 aliphatic heterocycles. The average Bonchev–Trinajstić information content (AvgIpc) is 2.76. The Hall–Kier alpha value is -3.35. The van der Waals surface area contributed by atoms with Gasteiger partial charge in [0.25, 0.3) is 0 Å². The van der Waals surface area contributed by atoms with Crippen molar-refractivity contribution >= 4 is 18.0 Å². The summed E-state index contributed by atoms with van der Waals surface area (Å²) in [5, 5.41) is 14.7. The molecule has 7 heteroatoms. The number of ether oxygens (including phenoxy) is 1. The van der Waals surface area contributed by atoms with Crippen molar-refractivity contribution in [2.45, 2.75) is 45.4 Å². The Labute approximate surface area is 176 Å². The molecule has 2 rings (SSSR count). The zero-order valence-corrected chi connectivity index (χ0v) is 17.2.